The van der Waals surface area contributed by atoms with E-state index in [1.54, 1.807) is 12.4 Å². The van der Waals surface area contributed by atoms with Crippen LogP contribution in [-0.2, 0) is 6.54 Å². The van der Waals surface area contributed by atoms with Gasteiger partial charge in [0.1, 0.15) is 5.82 Å². The topological polar surface area (TPSA) is 66.0 Å². The van der Waals surface area contributed by atoms with E-state index in [9.17, 15) is 0 Å². The van der Waals surface area contributed by atoms with Crippen LogP contribution in [0.4, 0.5) is 11.8 Å². The van der Waals surface area contributed by atoms with Gasteiger partial charge in [-0.3, -0.25) is 4.98 Å². The Morgan fingerprint density at radius 2 is 1.95 bits per heavy atom. The van der Waals surface area contributed by atoms with Gasteiger partial charge in [0.15, 0.2) is 0 Å². The largest absolute Gasteiger partial charge is 0.370 e. The fourth-order valence-corrected chi connectivity index (χ4v) is 1.83. The smallest absolute Gasteiger partial charge is 0.224 e. The molecule has 2 aromatic rings. The number of rotatable bonds is 8. The molecule has 6 heteroatoms. The van der Waals surface area contributed by atoms with Crippen molar-refractivity contribution >= 4 is 11.8 Å². The summed E-state index contributed by atoms with van der Waals surface area (Å²) in [6.45, 7) is 2.57. The average molecular weight is 286 g/mol. The number of nitrogens with one attached hydrogen (secondary N) is 2. The third kappa shape index (κ3) is 5.74. The third-order valence-corrected chi connectivity index (χ3v) is 2.90. The summed E-state index contributed by atoms with van der Waals surface area (Å²) in [6, 6.07) is 7.71. The maximum atomic E-state index is 4.43. The minimum Gasteiger partial charge on any atom is -0.370 e. The maximum Gasteiger partial charge on any atom is 0.224 e. The predicted molar refractivity (Wildman–Crippen MR) is 85.3 cm³/mol. The second-order valence-corrected chi connectivity index (χ2v) is 5.02. The molecule has 0 radical (unpaired) electrons. The summed E-state index contributed by atoms with van der Waals surface area (Å²) in [6.07, 6.45) is 4.61. The van der Waals surface area contributed by atoms with E-state index < -0.39 is 0 Å². The van der Waals surface area contributed by atoms with Gasteiger partial charge in [-0.2, -0.15) is 4.98 Å². The van der Waals surface area contributed by atoms with Gasteiger partial charge in [0, 0.05) is 18.9 Å². The highest BCUT2D eigenvalue weighted by Gasteiger charge is 2.00. The molecular weight excluding hydrogens is 264 g/mol. The van der Waals surface area contributed by atoms with E-state index in [1.165, 1.54) is 0 Å². The predicted octanol–water partition coefficient (Wildman–Crippen LogP) is 1.85. The van der Waals surface area contributed by atoms with Crippen LogP contribution in [0.2, 0.25) is 0 Å². The van der Waals surface area contributed by atoms with Crippen molar-refractivity contribution in [3.63, 3.8) is 0 Å². The number of anilines is 2. The first kappa shape index (κ1) is 15.2. The first-order chi connectivity index (χ1) is 10.2. The molecule has 2 rings (SSSR count). The number of aromatic nitrogens is 3. The van der Waals surface area contributed by atoms with Crippen LogP contribution in [0.25, 0.3) is 0 Å². The standard InChI is InChI=1S/C15H22N6/c1-21(2)11-5-9-17-14-7-10-18-15(20-14)19-12-13-6-3-4-8-16-13/h3-4,6-8,10H,5,9,11-12H2,1-2H3,(H2,17,18,19,20). The minimum absolute atomic E-state index is 0.610. The SMILES string of the molecule is CN(C)CCCNc1ccnc(NCc2ccccn2)n1. The van der Waals surface area contributed by atoms with Crippen LogP contribution in [0, 0.1) is 0 Å². The Morgan fingerprint density at radius 3 is 2.71 bits per heavy atom. The number of hydrogen-bond acceptors (Lipinski definition) is 6. The van der Waals surface area contributed by atoms with Gasteiger partial charge in [0.05, 0.1) is 12.2 Å². The average Bonchev–Trinajstić information content (AvgIpc) is 2.51. The Balaban J connectivity index is 1.80. The number of nitrogens with zero attached hydrogens (tertiary/aromatic N) is 4. The quantitative estimate of drug-likeness (QED) is 0.722. The normalized spacial score (nSPS) is 10.6. The van der Waals surface area contributed by atoms with Crippen molar-refractivity contribution in [1.29, 1.82) is 0 Å². The maximum absolute atomic E-state index is 4.43. The van der Waals surface area contributed by atoms with Crippen molar-refractivity contribution in [3.05, 3.63) is 42.4 Å². The van der Waals surface area contributed by atoms with Gasteiger partial charge in [-0.1, -0.05) is 6.07 Å². The lowest BCUT2D eigenvalue weighted by atomic mass is 10.3. The number of hydrogen-bond donors (Lipinski definition) is 2. The Labute approximate surface area is 125 Å². The molecule has 0 saturated carbocycles. The minimum atomic E-state index is 0.610. The zero-order valence-electron chi connectivity index (χ0n) is 12.6. The van der Waals surface area contributed by atoms with Crippen molar-refractivity contribution < 1.29 is 0 Å². The van der Waals surface area contributed by atoms with Gasteiger partial charge in [-0.25, -0.2) is 4.98 Å². The lowest BCUT2D eigenvalue weighted by molar-refractivity contribution is 0.405. The van der Waals surface area contributed by atoms with E-state index in [0.29, 0.717) is 12.5 Å². The molecule has 0 unspecified atom stereocenters. The molecular formula is C15H22N6. The van der Waals surface area contributed by atoms with Crippen molar-refractivity contribution in [2.24, 2.45) is 0 Å². The van der Waals surface area contributed by atoms with Gasteiger partial charge >= 0.3 is 0 Å². The van der Waals surface area contributed by atoms with E-state index in [0.717, 1.165) is 31.0 Å². The molecule has 21 heavy (non-hydrogen) atoms. The van der Waals surface area contributed by atoms with Gasteiger partial charge in [0.2, 0.25) is 5.95 Å². The van der Waals surface area contributed by atoms with Crippen LogP contribution in [0.5, 0.6) is 0 Å². The molecule has 0 aliphatic rings. The van der Waals surface area contributed by atoms with E-state index in [4.69, 9.17) is 0 Å². The second-order valence-electron chi connectivity index (χ2n) is 5.02. The van der Waals surface area contributed by atoms with Gasteiger partial charge in [-0.05, 0) is 45.3 Å². The molecule has 2 aromatic heterocycles. The second kappa shape index (κ2) is 8.16. The van der Waals surface area contributed by atoms with E-state index >= 15 is 0 Å². The molecule has 0 atom stereocenters. The first-order valence-corrected chi connectivity index (χ1v) is 7.09. The van der Waals surface area contributed by atoms with E-state index in [2.05, 4.69) is 44.6 Å². The summed E-state index contributed by atoms with van der Waals surface area (Å²) in [5.41, 5.74) is 0.963. The van der Waals surface area contributed by atoms with Crippen molar-refractivity contribution in [2.45, 2.75) is 13.0 Å². The van der Waals surface area contributed by atoms with Gasteiger partial charge in [0.25, 0.3) is 0 Å². The molecule has 0 saturated heterocycles. The van der Waals surface area contributed by atoms with Crippen LogP contribution in [-0.4, -0.2) is 47.0 Å². The Morgan fingerprint density at radius 1 is 1.05 bits per heavy atom. The number of pyridine rings is 1. The molecule has 0 aromatic carbocycles. The van der Waals surface area contributed by atoms with Crippen LogP contribution in [0.15, 0.2) is 36.7 Å². The Hall–Kier alpha value is -2.21. The lowest BCUT2D eigenvalue weighted by Gasteiger charge is -2.11. The monoisotopic (exact) mass is 286 g/mol. The summed E-state index contributed by atoms with van der Waals surface area (Å²) in [4.78, 5) is 15.1. The highest BCUT2D eigenvalue weighted by molar-refractivity contribution is 5.39. The molecule has 6 nitrogen and oxygen atoms in total. The highest BCUT2D eigenvalue weighted by atomic mass is 15.1. The summed E-state index contributed by atoms with van der Waals surface area (Å²) in [5, 5.41) is 6.48. The fraction of sp³-hybridized carbons (Fsp3) is 0.400. The molecule has 0 fully saturated rings. The van der Waals surface area contributed by atoms with Gasteiger partial charge in [-0.15, -0.1) is 0 Å². The third-order valence-electron chi connectivity index (χ3n) is 2.90. The zero-order valence-corrected chi connectivity index (χ0v) is 12.6. The molecule has 0 aliphatic carbocycles. The molecule has 0 bridgehead atoms. The molecule has 112 valence electrons. The van der Waals surface area contributed by atoms with E-state index in [-0.39, 0.29) is 0 Å². The molecule has 0 spiro atoms. The van der Waals surface area contributed by atoms with Crippen LogP contribution < -0.4 is 10.6 Å². The van der Waals surface area contributed by atoms with E-state index in [1.807, 2.05) is 24.3 Å². The molecule has 0 amide bonds. The lowest BCUT2D eigenvalue weighted by Crippen LogP contribution is -2.16. The summed E-state index contributed by atoms with van der Waals surface area (Å²) in [5.74, 6) is 1.45. The Kier molecular flexibility index (Phi) is 5.90. The summed E-state index contributed by atoms with van der Waals surface area (Å²) >= 11 is 0. The molecule has 0 aliphatic heterocycles. The molecule has 2 N–H and O–H groups in total. The van der Waals surface area contributed by atoms with Crippen molar-refractivity contribution in [2.75, 3.05) is 37.8 Å². The molecule has 2 heterocycles. The highest BCUT2D eigenvalue weighted by Crippen LogP contribution is 2.07. The van der Waals surface area contributed by atoms with Crippen molar-refractivity contribution in [3.8, 4) is 0 Å². The van der Waals surface area contributed by atoms with Gasteiger partial charge < -0.3 is 15.5 Å². The Bertz CT molecular complexity index is 529. The fourth-order valence-electron chi connectivity index (χ4n) is 1.83. The summed E-state index contributed by atoms with van der Waals surface area (Å²) < 4.78 is 0. The first-order valence-electron chi connectivity index (χ1n) is 7.09. The van der Waals surface area contributed by atoms with Crippen LogP contribution >= 0.6 is 0 Å². The zero-order chi connectivity index (χ0) is 14.9. The summed E-state index contributed by atoms with van der Waals surface area (Å²) in [7, 11) is 4.15. The van der Waals surface area contributed by atoms with Crippen LogP contribution in [0.3, 0.4) is 0 Å². The van der Waals surface area contributed by atoms with Crippen molar-refractivity contribution in [1.82, 2.24) is 19.9 Å². The van der Waals surface area contributed by atoms with Crippen LogP contribution in [0.1, 0.15) is 12.1 Å².